The predicted molar refractivity (Wildman–Crippen MR) is 63.7 cm³/mol. The van der Waals surface area contributed by atoms with E-state index < -0.39 is 0 Å². The molecule has 0 saturated heterocycles. The fourth-order valence-corrected chi connectivity index (χ4v) is 1.42. The van der Waals surface area contributed by atoms with E-state index in [2.05, 4.69) is 41.8 Å². The molecule has 3 heteroatoms. The van der Waals surface area contributed by atoms with Crippen molar-refractivity contribution in [1.82, 2.24) is 14.9 Å². The van der Waals surface area contributed by atoms with E-state index in [-0.39, 0.29) is 0 Å². The molecule has 0 aliphatic heterocycles. The smallest absolute Gasteiger partial charge is 0.0949 e. The van der Waals surface area contributed by atoms with Gasteiger partial charge in [0, 0.05) is 19.3 Å². The van der Waals surface area contributed by atoms with E-state index in [0.717, 1.165) is 31.2 Å². The molecule has 0 radical (unpaired) electrons. The van der Waals surface area contributed by atoms with Gasteiger partial charge >= 0.3 is 0 Å². The first-order valence-electron chi connectivity index (χ1n) is 5.93. The lowest BCUT2D eigenvalue weighted by atomic mass is 10.1. The standard InChI is InChI=1S/C12H23N3/c1-4-6-13-8-12-9-15(10-14-12)7-5-11(2)3/h9-11,13H,4-8H2,1-3H3. The number of imidazole rings is 1. The second kappa shape index (κ2) is 6.62. The minimum absolute atomic E-state index is 0.758. The van der Waals surface area contributed by atoms with Crippen LogP contribution in [-0.2, 0) is 13.1 Å². The van der Waals surface area contributed by atoms with E-state index in [1.54, 1.807) is 0 Å². The van der Waals surface area contributed by atoms with Crippen LogP contribution in [0.1, 0.15) is 39.3 Å². The minimum atomic E-state index is 0.758. The topological polar surface area (TPSA) is 29.9 Å². The highest BCUT2D eigenvalue weighted by Gasteiger charge is 1.99. The molecule has 15 heavy (non-hydrogen) atoms. The number of hydrogen-bond donors (Lipinski definition) is 1. The molecule has 1 rings (SSSR count). The fraction of sp³-hybridized carbons (Fsp3) is 0.750. The lowest BCUT2D eigenvalue weighted by Gasteiger charge is -2.04. The van der Waals surface area contributed by atoms with Crippen molar-refractivity contribution >= 4 is 0 Å². The average Bonchev–Trinajstić information content (AvgIpc) is 2.63. The Kier molecular flexibility index (Phi) is 5.40. The summed E-state index contributed by atoms with van der Waals surface area (Å²) in [5, 5.41) is 3.35. The van der Waals surface area contributed by atoms with Crippen molar-refractivity contribution in [2.45, 2.75) is 46.7 Å². The van der Waals surface area contributed by atoms with Gasteiger partial charge in [-0.25, -0.2) is 4.98 Å². The molecule has 3 nitrogen and oxygen atoms in total. The average molecular weight is 209 g/mol. The van der Waals surface area contributed by atoms with Gasteiger partial charge in [-0.15, -0.1) is 0 Å². The van der Waals surface area contributed by atoms with Crippen molar-refractivity contribution in [3.8, 4) is 0 Å². The van der Waals surface area contributed by atoms with Gasteiger partial charge in [-0.2, -0.15) is 0 Å². The van der Waals surface area contributed by atoms with Gasteiger partial charge in [-0.1, -0.05) is 20.8 Å². The van der Waals surface area contributed by atoms with Crippen LogP contribution in [0.3, 0.4) is 0 Å². The second-order valence-electron chi connectivity index (χ2n) is 4.46. The zero-order chi connectivity index (χ0) is 11.1. The number of hydrogen-bond acceptors (Lipinski definition) is 2. The first-order chi connectivity index (χ1) is 7.22. The molecule has 0 bridgehead atoms. The monoisotopic (exact) mass is 209 g/mol. The summed E-state index contributed by atoms with van der Waals surface area (Å²) in [4.78, 5) is 4.37. The van der Waals surface area contributed by atoms with Crippen LogP contribution >= 0.6 is 0 Å². The molecule has 0 aromatic carbocycles. The summed E-state index contributed by atoms with van der Waals surface area (Å²) in [6, 6.07) is 0. The fourth-order valence-electron chi connectivity index (χ4n) is 1.42. The highest BCUT2D eigenvalue weighted by Crippen LogP contribution is 2.03. The molecule has 1 aromatic heterocycles. The Morgan fingerprint density at radius 2 is 2.27 bits per heavy atom. The van der Waals surface area contributed by atoms with Crippen molar-refractivity contribution in [2.24, 2.45) is 5.92 Å². The molecule has 0 aliphatic carbocycles. The molecule has 0 unspecified atom stereocenters. The summed E-state index contributed by atoms with van der Waals surface area (Å²) < 4.78 is 2.18. The molecule has 0 saturated carbocycles. The van der Waals surface area contributed by atoms with E-state index in [0.29, 0.717) is 0 Å². The SMILES string of the molecule is CCCNCc1cn(CCC(C)C)cn1. The van der Waals surface area contributed by atoms with Crippen molar-refractivity contribution in [3.05, 3.63) is 18.2 Å². The van der Waals surface area contributed by atoms with Gasteiger partial charge < -0.3 is 9.88 Å². The quantitative estimate of drug-likeness (QED) is 0.699. The molecule has 1 heterocycles. The molecule has 86 valence electrons. The number of rotatable bonds is 7. The Morgan fingerprint density at radius 3 is 2.93 bits per heavy atom. The molecule has 0 amide bonds. The van der Waals surface area contributed by atoms with Crippen LogP contribution in [0.5, 0.6) is 0 Å². The van der Waals surface area contributed by atoms with Gasteiger partial charge in [0.15, 0.2) is 0 Å². The number of nitrogens with zero attached hydrogens (tertiary/aromatic N) is 2. The van der Waals surface area contributed by atoms with Gasteiger partial charge in [0.05, 0.1) is 12.0 Å². The van der Waals surface area contributed by atoms with Gasteiger partial charge in [0.2, 0.25) is 0 Å². The summed E-state index contributed by atoms with van der Waals surface area (Å²) >= 11 is 0. The number of nitrogens with one attached hydrogen (secondary N) is 1. The Bertz CT molecular complexity index is 266. The Labute approximate surface area is 92.9 Å². The maximum absolute atomic E-state index is 4.37. The van der Waals surface area contributed by atoms with E-state index in [1.165, 1.54) is 12.8 Å². The highest BCUT2D eigenvalue weighted by molar-refractivity contribution is 4.95. The molecule has 0 atom stereocenters. The zero-order valence-corrected chi connectivity index (χ0v) is 10.2. The van der Waals surface area contributed by atoms with Gasteiger partial charge in [0.1, 0.15) is 0 Å². The van der Waals surface area contributed by atoms with Gasteiger partial charge in [0.25, 0.3) is 0 Å². The van der Waals surface area contributed by atoms with E-state index >= 15 is 0 Å². The normalized spacial score (nSPS) is 11.2. The minimum Gasteiger partial charge on any atom is -0.337 e. The van der Waals surface area contributed by atoms with Gasteiger partial charge in [-0.05, 0) is 25.3 Å². The van der Waals surface area contributed by atoms with Crippen LogP contribution in [0.4, 0.5) is 0 Å². The van der Waals surface area contributed by atoms with Crippen LogP contribution in [0, 0.1) is 5.92 Å². The molecular formula is C12H23N3. The van der Waals surface area contributed by atoms with Crippen molar-refractivity contribution in [1.29, 1.82) is 0 Å². The third-order valence-electron chi connectivity index (χ3n) is 2.38. The largest absolute Gasteiger partial charge is 0.337 e. The first-order valence-corrected chi connectivity index (χ1v) is 5.93. The molecule has 0 aliphatic rings. The number of aromatic nitrogens is 2. The summed E-state index contributed by atoms with van der Waals surface area (Å²) in [5.74, 6) is 0.758. The Hall–Kier alpha value is -0.830. The molecule has 0 spiro atoms. The van der Waals surface area contributed by atoms with Crippen molar-refractivity contribution in [2.75, 3.05) is 6.54 Å². The molecular weight excluding hydrogens is 186 g/mol. The lowest BCUT2D eigenvalue weighted by molar-refractivity contribution is 0.515. The van der Waals surface area contributed by atoms with Crippen molar-refractivity contribution in [3.63, 3.8) is 0 Å². The van der Waals surface area contributed by atoms with Crippen LogP contribution in [0.2, 0.25) is 0 Å². The summed E-state index contributed by atoms with van der Waals surface area (Å²) in [6.45, 7) is 9.72. The van der Waals surface area contributed by atoms with Crippen LogP contribution < -0.4 is 5.32 Å². The maximum atomic E-state index is 4.37. The molecule has 1 aromatic rings. The zero-order valence-electron chi connectivity index (χ0n) is 10.2. The van der Waals surface area contributed by atoms with Crippen LogP contribution in [0.25, 0.3) is 0 Å². The molecule has 0 fully saturated rings. The van der Waals surface area contributed by atoms with Gasteiger partial charge in [-0.3, -0.25) is 0 Å². The van der Waals surface area contributed by atoms with E-state index in [4.69, 9.17) is 0 Å². The third-order valence-corrected chi connectivity index (χ3v) is 2.38. The van der Waals surface area contributed by atoms with E-state index in [1.807, 2.05) is 6.33 Å². The van der Waals surface area contributed by atoms with E-state index in [9.17, 15) is 0 Å². The van der Waals surface area contributed by atoms with Crippen LogP contribution in [0.15, 0.2) is 12.5 Å². The summed E-state index contributed by atoms with van der Waals surface area (Å²) in [7, 11) is 0. The van der Waals surface area contributed by atoms with Crippen LogP contribution in [-0.4, -0.2) is 16.1 Å². The number of aryl methyl sites for hydroxylation is 1. The predicted octanol–water partition coefficient (Wildman–Crippen LogP) is 2.43. The third kappa shape index (κ3) is 4.98. The van der Waals surface area contributed by atoms with Crippen molar-refractivity contribution < 1.29 is 0 Å². The molecule has 1 N–H and O–H groups in total. The summed E-state index contributed by atoms with van der Waals surface area (Å²) in [6.07, 6.45) is 6.47. The Balaban J connectivity index is 2.29. The second-order valence-corrected chi connectivity index (χ2v) is 4.46. The maximum Gasteiger partial charge on any atom is 0.0949 e. The first kappa shape index (κ1) is 12.2. The lowest BCUT2D eigenvalue weighted by Crippen LogP contribution is -2.13. The Morgan fingerprint density at radius 1 is 1.47 bits per heavy atom. The summed E-state index contributed by atoms with van der Waals surface area (Å²) in [5.41, 5.74) is 1.15. The highest BCUT2D eigenvalue weighted by atomic mass is 15.0.